The van der Waals surface area contributed by atoms with Gasteiger partial charge in [-0.25, -0.2) is 0 Å². The van der Waals surface area contributed by atoms with E-state index in [9.17, 15) is 29.4 Å². The van der Waals surface area contributed by atoms with E-state index >= 15 is 0 Å². The van der Waals surface area contributed by atoms with Crippen LogP contribution in [0.25, 0.3) is 0 Å². The predicted octanol–water partition coefficient (Wildman–Crippen LogP) is -3.88. The highest BCUT2D eigenvalue weighted by Crippen LogP contribution is 2.20. The predicted molar refractivity (Wildman–Crippen MR) is 92.6 cm³/mol. The summed E-state index contributed by atoms with van der Waals surface area (Å²) in [5.41, 5.74) is 10.2. The lowest BCUT2D eigenvalue weighted by Gasteiger charge is -2.32. The SMILES string of the molecule is NC(=O)C[C@@H](NC(=O)C1=C[C@@H](NC(=O)[C@H]2CCCN2)[C@@H](O)[C@H](O)C1)C(N)=O. The monoisotopic (exact) mass is 383 g/mol. The van der Waals surface area contributed by atoms with Gasteiger partial charge in [0.05, 0.1) is 24.6 Å². The maximum Gasteiger partial charge on any atom is 0.247 e. The molecule has 4 amide bonds. The average molecular weight is 383 g/mol. The van der Waals surface area contributed by atoms with Gasteiger partial charge < -0.3 is 37.6 Å². The number of nitrogens with two attached hydrogens (primary N) is 2. The highest BCUT2D eigenvalue weighted by molar-refractivity contribution is 5.98. The van der Waals surface area contributed by atoms with Gasteiger partial charge in [-0.05, 0) is 19.4 Å². The van der Waals surface area contributed by atoms with Gasteiger partial charge in [-0.3, -0.25) is 19.2 Å². The van der Waals surface area contributed by atoms with Gasteiger partial charge in [-0.15, -0.1) is 0 Å². The molecule has 2 aliphatic rings. The molecule has 150 valence electrons. The van der Waals surface area contributed by atoms with Crippen molar-refractivity contribution in [1.82, 2.24) is 16.0 Å². The molecule has 1 heterocycles. The van der Waals surface area contributed by atoms with Crippen LogP contribution < -0.4 is 27.4 Å². The van der Waals surface area contributed by atoms with Crippen molar-refractivity contribution in [2.45, 2.75) is 56.0 Å². The molecule has 27 heavy (non-hydrogen) atoms. The van der Waals surface area contributed by atoms with Crippen molar-refractivity contribution in [3.05, 3.63) is 11.6 Å². The Hall–Kier alpha value is -2.50. The summed E-state index contributed by atoms with van der Waals surface area (Å²) in [6, 6.07) is -2.67. The number of amides is 4. The van der Waals surface area contributed by atoms with Crippen LogP contribution in [0, 0.1) is 0 Å². The lowest BCUT2D eigenvalue weighted by Crippen LogP contribution is -2.54. The number of carbonyl (C=O) groups is 4. The second kappa shape index (κ2) is 8.93. The molecule has 11 heteroatoms. The fourth-order valence-electron chi connectivity index (χ4n) is 3.11. The highest BCUT2D eigenvalue weighted by atomic mass is 16.3. The molecule has 0 unspecified atom stereocenters. The maximum atomic E-state index is 12.4. The van der Waals surface area contributed by atoms with Gasteiger partial charge in [-0.1, -0.05) is 6.08 Å². The topological polar surface area (TPSA) is 197 Å². The Bertz CT molecular complexity index is 645. The van der Waals surface area contributed by atoms with E-state index < -0.39 is 54.5 Å². The first-order valence-electron chi connectivity index (χ1n) is 8.68. The van der Waals surface area contributed by atoms with Crippen LogP contribution in [-0.4, -0.2) is 70.7 Å². The highest BCUT2D eigenvalue weighted by Gasteiger charge is 2.36. The van der Waals surface area contributed by atoms with Gasteiger partial charge in [-0.2, -0.15) is 0 Å². The Morgan fingerprint density at radius 2 is 1.96 bits per heavy atom. The first kappa shape index (κ1) is 20.8. The molecule has 0 aromatic rings. The second-order valence-electron chi connectivity index (χ2n) is 6.74. The largest absolute Gasteiger partial charge is 0.390 e. The number of primary amides is 2. The zero-order valence-electron chi connectivity index (χ0n) is 14.7. The minimum atomic E-state index is -1.30. The Kier molecular flexibility index (Phi) is 6.88. The lowest BCUT2D eigenvalue weighted by atomic mass is 9.89. The third kappa shape index (κ3) is 5.49. The van der Waals surface area contributed by atoms with Gasteiger partial charge in [0.15, 0.2) is 0 Å². The van der Waals surface area contributed by atoms with E-state index in [4.69, 9.17) is 11.5 Å². The van der Waals surface area contributed by atoms with Crippen molar-refractivity contribution in [3.8, 4) is 0 Å². The van der Waals surface area contributed by atoms with E-state index in [0.717, 1.165) is 6.42 Å². The van der Waals surface area contributed by atoms with Gasteiger partial charge >= 0.3 is 0 Å². The Labute approximate surface area is 155 Å². The molecular formula is C16H25N5O6. The van der Waals surface area contributed by atoms with Gasteiger partial charge in [0, 0.05) is 12.0 Å². The van der Waals surface area contributed by atoms with Crippen molar-refractivity contribution < 1.29 is 29.4 Å². The van der Waals surface area contributed by atoms with Crippen LogP contribution in [0.4, 0.5) is 0 Å². The molecule has 0 radical (unpaired) electrons. The quantitative estimate of drug-likeness (QED) is 0.233. The van der Waals surface area contributed by atoms with E-state index in [-0.39, 0.29) is 17.9 Å². The fraction of sp³-hybridized carbons (Fsp3) is 0.625. The third-order valence-electron chi connectivity index (χ3n) is 4.60. The molecular weight excluding hydrogens is 358 g/mol. The molecule has 1 fully saturated rings. The van der Waals surface area contributed by atoms with Crippen molar-refractivity contribution >= 4 is 23.6 Å². The number of hydrogen-bond donors (Lipinski definition) is 7. The van der Waals surface area contributed by atoms with E-state index in [2.05, 4.69) is 16.0 Å². The summed E-state index contributed by atoms with van der Waals surface area (Å²) in [5, 5.41) is 28.0. The molecule has 0 aromatic heterocycles. The Morgan fingerprint density at radius 1 is 1.26 bits per heavy atom. The Morgan fingerprint density at radius 3 is 2.52 bits per heavy atom. The molecule has 2 rings (SSSR count). The zero-order valence-corrected chi connectivity index (χ0v) is 14.7. The zero-order chi connectivity index (χ0) is 20.1. The summed E-state index contributed by atoms with van der Waals surface area (Å²) in [6.07, 6.45) is -0.406. The van der Waals surface area contributed by atoms with Crippen LogP contribution >= 0.6 is 0 Å². The van der Waals surface area contributed by atoms with Crippen LogP contribution in [0.15, 0.2) is 11.6 Å². The minimum absolute atomic E-state index is 0.0493. The standard InChI is InChI=1S/C16H25N5O6/c17-12(23)6-10(14(18)25)21-15(26)7-4-9(13(24)11(22)5-7)20-16(27)8-2-1-3-19-8/h4,8-11,13,19,22,24H,1-3,5-6H2,(H2,17,23)(H2,18,25)(H,20,27)(H,21,26)/t8-,9-,10-,11-,13-/m1/s1. The number of carbonyl (C=O) groups excluding carboxylic acids is 4. The molecule has 5 atom stereocenters. The fourth-order valence-corrected chi connectivity index (χ4v) is 3.11. The first-order valence-corrected chi connectivity index (χ1v) is 8.68. The summed E-state index contributed by atoms with van der Waals surface area (Å²) >= 11 is 0. The molecule has 11 nitrogen and oxygen atoms in total. The molecule has 0 aromatic carbocycles. The van der Waals surface area contributed by atoms with Crippen molar-refractivity contribution in [1.29, 1.82) is 0 Å². The maximum absolute atomic E-state index is 12.4. The van der Waals surface area contributed by atoms with E-state index in [1.165, 1.54) is 6.08 Å². The van der Waals surface area contributed by atoms with Gasteiger partial charge in [0.2, 0.25) is 23.6 Å². The minimum Gasteiger partial charge on any atom is -0.390 e. The van der Waals surface area contributed by atoms with Gasteiger partial charge in [0.25, 0.3) is 0 Å². The number of nitrogens with one attached hydrogen (secondary N) is 3. The Balaban J connectivity index is 2.09. The lowest BCUT2D eigenvalue weighted by molar-refractivity contribution is -0.128. The molecule has 1 aliphatic heterocycles. The van der Waals surface area contributed by atoms with E-state index in [0.29, 0.717) is 13.0 Å². The van der Waals surface area contributed by atoms with E-state index in [1.54, 1.807) is 0 Å². The molecule has 1 aliphatic carbocycles. The smallest absolute Gasteiger partial charge is 0.247 e. The van der Waals surface area contributed by atoms with Crippen molar-refractivity contribution in [3.63, 3.8) is 0 Å². The average Bonchev–Trinajstić information content (AvgIpc) is 3.12. The summed E-state index contributed by atoms with van der Waals surface area (Å²) < 4.78 is 0. The summed E-state index contributed by atoms with van der Waals surface area (Å²) in [6.45, 7) is 0.714. The molecule has 0 saturated carbocycles. The number of aliphatic hydroxyl groups excluding tert-OH is 2. The van der Waals surface area contributed by atoms with Crippen LogP contribution in [0.3, 0.4) is 0 Å². The summed E-state index contributed by atoms with van der Waals surface area (Å²) in [4.78, 5) is 46.9. The van der Waals surface area contributed by atoms with Gasteiger partial charge in [0.1, 0.15) is 12.1 Å². The van der Waals surface area contributed by atoms with Crippen molar-refractivity contribution in [2.24, 2.45) is 11.5 Å². The van der Waals surface area contributed by atoms with Crippen molar-refractivity contribution in [2.75, 3.05) is 6.54 Å². The third-order valence-corrected chi connectivity index (χ3v) is 4.60. The molecule has 1 saturated heterocycles. The van der Waals surface area contributed by atoms with E-state index in [1.807, 2.05) is 0 Å². The normalized spacial score (nSPS) is 28.7. The van der Waals surface area contributed by atoms with Crippen LogP contribution in [0.5, 0.6) is 0 Å². The summed E-state index contributed by atoms with van der Waals surface area (Å²) in [7, 11) is 0. The molecule has 0 spiro atoms. The van der Waals surface area contributed by atoms with Crippen LogP contribution in [0.2, 0.25) is 0 Å². The molecule has 0 bridgehead atoms. The number of rotatable bonds is 7. The second-order valence-corrected chi connectivity index (χ2v) is 6.74. The summed E-state index contributed by atoms with van der Waals surface area (Å²) in [5.74, 6) is -2.84. The van der Waals surface area contributed by atoms with Crippen LogP contribution in [-0.2, 0) is 19.2 Å². The number of aliphatic hydroxyl groups is 2. The number of hydrogen-bond acceptors (Lipinski definition) is 7. The first-order chi connectivity index (χ1) is 12.7. The molecule has 9 N–H and O–H groups in total. The van der Waals surface area contributed by atoms with Crippen LogP contribution in [0.1, 0.15) is 25.7 Å².